The number of carbonyl (C=O) groups is 2. The van der Waals surface area contributed by atoms with E-state index in [4.69, 9.17) is 23.2 Å². The minimum absolute atomic E-state index is 0.0280. The highest BCUT2D eigenvalue weighted by molar-refractivity contribution is 7.92. The highest BCUT2D eigenvalue weighted by Gasteiger charge is 2.33. The average molecular weight is 622 g/mol. The van der Waals surface area contributed by atoms with E-state index in [-0.39, 0.29) is 38.9 Å². The summed E-state index contributed by atoms with van der Waals surface area (Å²) in [6.07, 6.45) is 0.659. The maximum Gasteiger partial charge on any atom is 0.269 e. The molecule has 0 aliphatic rings. The number of rotatable bonds is 12. The van der Waals surface area contributed by atoms with Crippen LogP contribution >= 0.6 is 23.2 Å². The summed E-state index contributed by atoms with van der Waals surface area (Å²) in [5, 5.41) is 14.6. The molecule has 2 amide bonds. The van der Waals surface area contributed by atoms with Gasteiger partial charge in [0.25, 0.3) is 15.7 Å². The molecule has 13 heteroatoms. The lowest BCUT2D eigenvalue weighted by molar-refractivity contribution is -0.384. The minimum atomic E-state index is -4.31. The molecular formula is C28H30Cl2N4O6S. The molecule has 0 saturated heterocycles. The first-order chi connectivity index (χ1) is 19.4. The summed E-state index contributed by atoms with van der Waals surface area (Å²) in [5.74, 6) is -1.16. The standard InChI is InChI=1S/C28H30Cl2N4O6S/c1-4-19(2)31-28(36)20(3)32(17-24-25(29)11-8-12-26(24)30)27(35)18-33(21-13-15-22(16-14-21)34(37)38)41(39,40)23-9-6-5-7-10-23/h5-16,19-20H,4,17-18H2,1-3H3,(H,31,36)/t19-,20+/m1/s1. The number of halogens is 2. The summed E-state index contributed by atoms with van der Waals surface area (Å²) in [6.45, 7) is 4.37. The van der Waals surface area contributed by atoms with Crippen LogP contribution in [0.15, 0.2) is 77.7 Å². The Morgan fingerprint density at radius 2 is 1.54 bits per heavy atom. The second-order valence-electron chi connectivity index (χ2n) is 9.31. The Kier molecular flexibility index (Phi) is 10.7. The number of nitrogens with one attached hydrogen (secondary N) is 1. The van der Waals surface area contributed by atoms with Crippen LogP contribution in [0.5, 0.6) is 0 Å². The second kappa shape index (κ2) is 13.8. The van der Waals surface area contributed by atoms with Crippen molar-refractivity contribution >= 4 is 56.4 Å². The maximum absolute atomic E-state index is 14.0. The summed E-state index contributed by atoms with van der Waals surface area (Å²) in [4.78, 5) is 38.8. The number of sulfonamides is 1. The van der Waals surface area contributed by atoms with Gasteiger partial charge in [0.2, 0.25) is 11.8 Å². The van der Waals surface area contributed by atoms with Gasteiger partial charge in [-0.15, -0.1) is 0 Å². The monoisotopic (exact) mass is 620 g/mol. The molecule has 3 rings (SSSR count). The van der Waals surface area contributed by atoms with Gasteiger partial charge in [-0.1, -0.05) is 54.4 Å². The topological polar surface area (TPSA) is 130 Å². The fraction of sp³-hybridized carbons (Fsp3) is 0.286. The average Bonchev–Trinajstić information content (AvgIpc) is 2.95. The van der Waals surface area contributed by atoms with Crippen LogP contribution in [0.1, 0.15) is 32.8 Å². The highest BCUT2D eigenvalue weighted by Crippen LogP contribution is 2.29. The molecule has 0 fully saturated rings. The van der Waals surface area contributed by atoms with E-state index in [1.54, 1.807) is 24.3 Å². The fourth-order valence-electron chi connectivity index (χ4n) is 3.89. The maximum atomic E-state index is 14.0. The van der Waals surface area contributed by atoms with Crippen molar-refractivity contribution in [1.82, 2.24) is 10.2 Å². The number of benzene rings is 3. The van der Waals surface area contributed by atoms with Crippen molar-refractivity contribution in [3.63, 3.8) is 0 Å². The van der Waals surface area contributed by atoms with Crippen LogP contribution in [0.3, 0.4) is 0 Å². The van der Waals surface area contributed by atoms with Crippen molar-refractivity contribution in [3.8, 4) is 0 Å². The summed E-state index contributed by atoms with van der Waals surface area (Å²) >= 11 is 12.8. The Bertz CT molecular complexity index is 1480. The number of hydrogen-bond acceptors (Lipinski definition) is 6. The van der Waals surface area contributed by atoms with E-state index in [1.165, 1.54) is 48.2 Å². The van der Waals surface area contributed by atoms with Gasteiger partial charge in [-0.25, -0.2) is 8.42 Å². The number of carbonyl (C=O) groups excluding carboxylic acids is 2. The summed E-state index contributed by atoms with van der Waals surface area (Å²) in [6, 6.07) is 15.9. The fourth-order valence-corrected chi connectivity index (χ4v) is 5.84. The predicted molar refractivity (Wildman–Crippen MR) is 158 cm³/mol. The molecule has 0 spiro atoms. The Balaban J connectivity index is 2.07. The third kappa shape index (κ3) is 7.75. The number of amides is 2. The molecule has 3 aromatic rings. The lowest BCUT2D eigenvalue weighted by atomic mass is 10.1. The number of hydrogen-bond donors (Lipinski definition) is 1. The SMILES string of the molecule is CC[C@@H](C)NC(=O)[C@H](C)N(Cc1c(Cl)cccc1Cl)C(=O)CN(c1ccc([N+](=O)[O-])cc1)S(=O)(=O)c1ccccc1. The molecule has 0 unspecified atom stereocenters. The summed E-state index contributed by atoms with van der Waals surface area (Å²) < 4.78 is 28.4. The van der Waals surface area contributed by atoms with Crippen molar-refractivity contribution in [3.05, 3.63) is 98.5 Å². The van der Waals surface area contributed by atoms with Gasteiger partial charge in [0.05, 0.1) is 15.5 Å². The Morgan fingerprint density at radius 1 is 0.951 bits per heavy atom. The van der Waals surface area contributed by atoms with Gasteiger partial charge in [0.15, 0.2) is 0 Å². The number of nitrogens with zero attached hydrogens (tertiary/aromatic N) is 3. The highest BCUT2D eigenvalue weighted by atomic mass is 35.5. The molecule has 0 aromatic heterocycles. The Morgan fingerprint density at radius 3 is 2.07 bits per heavy atom. The lowest BCUT2D eigenvalue weighted by Gasteiger charge is -2.32. The first-order valence-electron chi connectivity index (χ1n) is 12.7. The number of nitro groups is 1. The minimum Gasteiger partial charge on any atom is -0.352 e. The van der Waals surface area contributed by atoms with Crippen LogP contribution in [0, 0.1) is 10.1 Å². The summed E-state index contributed by atoms with van der Waals surface area (Å²) in [5.41, 5.74) is 0.169. The molecule has 0 bridgehead atoms. The van der Waals surface area contributed by atoms with E-state index in [2.05, 4.69) is 5.32 Å². The Labute approximate surface area is 249 Å². The van der Waals surface area contributed by atoms with Crippen LogP contribution in [0.2, 0.25) is 10.0 Å². The van der Waals surface area contributed by atoms with Crippen LogP contribution in [0.4, 0.5) is 11.4 Å². The van der Waals surface area contributed by atoms with Gasteiger partial charge in [-0.2, -0.15) is 0 Å². The first kappa shape index (κ1) is 31.9. The molecule has 218 valence electrons. The van der Waals surface area contributed by atoms with E-state index in [0.29, 0.717) is 12.0 Å². The first-order valence-corrected chi connectivity index (χ1v) is 14.9. The molecule has 41 heavy (non-hydrogen) atoms. The zero-order chi connectivity index (χ0) is 30.3. The van der Waals surface area contributed by atoms with Gasteiger partial charge >= 0.3 is 0 Å². The normalized spacial score (nSPS) is 12.7. The van der Waals surface area contributed by atoms with Crippen molar-refractivity contribution in [1.29, 1.82) is 0 Å². The molecular weight excluding hydrogens is 591 g/mol. The van der Waals surface area contributed by atoms with E-state index in [1.807, 2.05) is 13.8 Å². The zero-order valence-electron chi connectivity index (χ0n) is 22.7. The molecule has 0 saturated carbocycles. The van der Waals surface area contributed by atoms with Crippen LogP contribution in [-0.2, 0) is 26.2 Å². The molecule has 0 aliphatic carbocycles. The van der Waals surface area contributed by atoms with Gasteiger partial charge < -0.3 is 10.2 Å². The van der Waals surface area contributed by atoms with Crippen molar-refractivity contribution in [2.24, 2.45) is 0 Å². The van der Waals surface area contributed by atoms with E-state index in [0.717, 1.165) is 16.4 Å². The van der Waals surface area contributed by atoms with Gasteiger partial charge in [0.1, 0.15) is 12.6 Å². The molecule has 1 N–H and O–H groups in total. The third-order valence-electron chi connectivity index (χ3n) is 6.52. The van der Waals surface area contributed by atoms with E-state index in [9.17, 15) is 28.1 Å². The van der Waals surface area contributed by atoms with Crippen molar-refractivity contribution in [2.45, 2.75) is 50.7 Å². The van der Waals surface area contributed by atoms with E-state index >= 15 is 0 Å². The van der Waals surface area contributed by atoms with Crippen molar-refractivity contribution < 1.29 is 22.9 Å². The quantitative estimate of drug-likeness (QED) is 0.212. The van der Waals surface area contributed by atoms with Gasteiger partial charge in [-0.3, -0.25) is 24.0 Å². The number of nitro benzene ring substituents is 1. The largest absolute Gasteiger partial charge is 0.352 e. The molecule has 0 heterocycles. The van der Waals surface area contributed by atoms with E-state index < -0.39 is 39.3 Å². The number of anilines is 1. The lowest BCUT2D eigenvalue weighted by Crippen LogP contribution is -2.52. The van der Waals surface area contributed by atoms with Crippen molar-refractivity contribution in [2.75, 3.05) is 10.8 Å². The predicted octanol–water partition coefficient (Wildman–Crippen LogP) is 5.43. The molecule has 2 atom stereocenters. The molecule has 0 aliphatic heterocycles. The van der Waals surface area contributed by atoms with Crippen LogP contribution in [0.25, 0.3) is 0 Å². The second-order valence-corrected chi connectivity index (χ2v) is 12.0. The number of non-ortho nitro benzene ring substituents is 1. The molecule has 10 nitrogen and oxygen atoms in total. The summed E-state index contributed by atoms with van der Waals surface area (Å²) in [7, 11) is -4.31. The van der Waals surface area contributed by atoms with Crippen LogP contribution < -0.4 is 9.62 Å². The van der Waals surface area contributed by atoms with Crippen LogP contribution in [-0.4, -0.2) is 48.7 Å². The van der Waals surface area contributed by atoms with Gasteiger partial charge in [0, 0.05) is 40.3 Å². The smallest absolute Gasteiger partial charge is 0.269 e. The molecule has 0 radical (unpaired) electrons. The Hall–Kier alpha value is -3.67. The third-order valence-corrected chi connectivity index (χ3v) is 9.01. The van der Waals surface area contributed by atoms with Gasteiger partial charge in [-0.05, 0) is 56.7 Å². The zero-order valence-corrected chi connectivity index (χ0v) is 25.0. The molecule has 3 aromatic carbocycles.